The smallest absolute Gasteiger partial charge is 0.212 e. The Kier molecular flexibility index (Phi) is 2.79. The molecule has 1 saturated heterocycles. The van der Waals surface area contributed by atoms with Crippen molar-refractivity contribution in [3.8, 4) is 5.88 Å². The molecule has 1 aromatic heterocycles. The molecule has 1 N–H and O–H groups in total. The lowest BCUT2D eigenvalue weighted by Crippen LogP contribution is -2.36. The normalized spacial score (nSPS) is 32.2. The second-order valence-electron chi connectivity index (χ2n) is 5.38. The number of hydrogen-bond donors (Lipinski definition) is 1. The van der Waals surface area contributed by atoms with E-state index in [0.717, 1.165) is 0 Å². The highest BCUT2D eigenvalue weighted by atomic mass is 16.5. The maximum absolute atomic E-state index is 5.10. The first-order chi connectivity index (χ1) is 8.31. The summed E-state index contributed by atoms with van der Waals surface area (Å²) in [5.41, 5.74) is 1.82. The molecule has 1 aromatic rings. The molecule has 0 amide bonds. The van der Waals surface area contributed by atoms with Crippen molar-refractivity contribution in [2.24, 2.45) is 0 Å². The monoisotopic (exact) mass is 232 g/mol. The topological polar surface area (TPSA) is 34.1 Å². The van der Waals surface area contributed by atoms with Gasteiger partial charge in [0.25, 0.3) is 0 Å². The number of nitrogens with zero attached hydrogens (tertiary/aromatic N) is 1. The van der Waals surface area contributed by atoms with Gasteiger partial charge in [-0.3, -0.25) is 0 Å². The van der Waals surface area contributed by atoms with Gasteiger partial charge in [-0.05, 0) is 50.1 Å². The van der Waals surface area contributed by atoms with E-state index in [1.54, 1.807) is 7.11 Å². The van der Waals surface area contributed by atoms with Crippen LogP contribution in [0.25, 0.3) is 0 Å². The van der Waals surface area contributed by atoms with E-state index < -0.39 is 0 Å². The molecule has 3 heteroatoms. The largest absolute Gasteiger partial charge is 0.481 e. The van der Waals surface area contributed by atoms with Crippen molar-refractivity contribution in [2.75, 3.05) is 13.7 Å². The second-order valence-corrected chi connectivity index (χ2v) is 5.38. The van der Waals surface area contributed by atoms with Gasteiger partial charge in [-0.1, -0.05) is 6.07 Å². The number of ether oxygens (including phenoxy) is 1. The Morgan fingerprint density at radius 1 is 1.41 bits per heavy atom. The lowest BCUT2D eigenvalue weighted by Gasteiger charge is -2.23. The van der Waals surface area contributed by atoms with E-state index in [2.05, 4.69) is 16.4 Å². The van der Waals surface area contributed by atoms with Gasteiger partial charge in [0.15, 0.2) is 0 Å². The first kappa shape index (κ1) is 11.0. The summed E-state index contributed by atoms with van der Waals surface area (Å²) >= 11 is 0. The minimum absolute atomic E-state index is 0.449. The van der Waals surface area contributed by atoms with Crippen LogP contribution in [0, 0.1) is 0 Å². The molecule has 3 rings (SSSR count). The van der Waals surface area contributed by atoms with Gasteiger partial charge >= 0.3 is 0 Å². The summed E-state index contributed by atoms with van der Waals surface area (Å²) in [5.74, 6) is 1.39. The molecule has 2 heterocycles. The SMILES string of the molecule is COc1ccc(C2CCC3(CCCN3)C2)cn1. The maximum atomic E-state index is 5.10. The van der Waals surface area contributed by atoms with Crippen LogP contribution in [-0.4, -0.2) is 24.2 Å². The Balaban J connectivity index is 1.72. The molecule has 1 aliphatic heterocycles. The van der Waals surface area contributed by atoms with Crippen LogP contribution in [0.5, 0.6) is 5.88 Å². The van der Waals surface area contributed by atoms with Crippen LogP contribution in [0.1, 0.15) is 43.6 Å². The van der Waals surface area contributed by atoms with Crippen LogP contribution in [0.4, 0.5) is 0 Å². The molecular formula is C14H20N2O. The van der Waals surface area contributed by atoms with Crippen molar-refractivity contribution in [2.45, 2.75) is 43.6 Å². The Hall–Kier alpha value is -1.09. The summed E-state index contributed by atoms with van der Waals surface area (Å²) in [5, 5.41) is 3.71. The number of nitrogens with one attached hydrogen (secondary N) is 1. The van der Waals surface area contributed by atoms with E-state index in [1.165, 1.54) is 44.2 Å². The lowest BCUT2D eigenvalue weighted by atomic mass is 9.92. The highest BCUT2D eigenvalue weighted by Crippen LogP contribution is 2.44. The Bertz CT molecular complexity index is 382. The first-order valence-corrected chi connectivity index (χ1v) is 6.56. The third kappa shape index (κ3) is 2.04. The summed E-state index contributed by atoms with van der Waals surface area (Å²) in [6.45, 7) is 1.20. The third-order valence-electron chi connectivity index (χ3n) is 4.38. The Morgan fingerprint density at radius 2 is 2.35 bits per heavy atom. The van der Waals surface area contributed by atoms with Crippen LogP contribution >= 0.6 is 0 Å². The second kappa shape index (κ2) is 4.30. The fourth-order valence-electron chi connectivity index (χ4n) is 3.42. The molecule has 17 heavy (non-hydrogen) atoms. The summed E-state index contributed by atoms with van der Waals surface area (Å²) in [4.78, 5) is 4.31. The summed E-state index contributed by atoms with van der Waals surface area (Å²) in [7, 11) is 1.66. The Morgan fingerprint density at radius 3 is 3.00 bits per heavy atom. The Labute approximate surface area is 103 Å². The molecule has 1 aliphatic carbocycles. The zero-order chi connectivity index (χ0) is 11.7. The van der Waals surface area contributed by atoms with Crippen molar-refractivity contribution < 1.29 is 4.74 Å². The maximum Gasteiger partial charge on any atom is 0.212 e. The first-order valence-electron chi connectivity index (χ1n) is 6.56. The van der Waals surface area contributed by atoms with E-state index in [0.29, 0.717) is 17.3 Å². The van der Waals surface area contributed by atoms with Gasteiger partial charge in [0.05, 0.1) is 7.11 Å². The minimum atomic E-state index is 0.449. The highest BCUT2D eigenvalue weighted by Gasteiger charge is 2.41. The van der Waals surface area contributed by atoms with Crippen LogP contribution in [0.15, 0.2) is 18.3 Å². The molecule has 0 radical (unpaired) electrons. The van der Waals surface area contributed by atoms with E-state index in [-0.39, 0.29) is 0 Å². The molecule has 2 unspecified atom stereocenters. The molecule has 0 aromatic carbocycles. The average Bonchev–Trinajstić information content (AvgIpc) is 3.01. The van der Waals surface area contributed by atoms with E-state index in [1.807, 2.05) is 12.3 Å². The molecule has 2 fully saturated rings. The molecule has 3 nitrogen and oxygen atoms in total. The van der Waals surface area contributed by atoms with Gasteiger partial charge in [-0.2, -0.15) is 0 Å². The summed E-state index contributed by atoms with van der Waals surface area (Å²) in [6.07, 6.45) is 8.57. The van der Waals surface area contributed by atoms with Gasteiger partial charge in [-0.25, -0.2) is 4.98 Å². The molecular weight excluding hydrogens is 212 g/mol. The van der Waals surface area contributed by atoms with Crippen LogP contribution in [0.2, 0.25) is 0 Å². The number of methoxy groups -OCH3 is 1. The number of aromatic nitrogens is 1. The van der Waals surface area contributed by atoms with Crippen molar-refractivity contribution in [1.29, 1.82) is 0 Å². The van der Waals surface area contributed by atoms with Gasteiger partial charge < -0.3 is 10.1 Å². The van der Waals surface area contributed by atoms with Crippen molar-refractivity contribution in [1.82, 2.24) is 10.3 Å². The molecule has 92 valence electrons. The zero-order valence-electron chi connectivity index (χ0n) is 10.4. The number of rotatable bonds is 2. The third-order valence-corrected chi connectivity index (χ3v) is 4.38. The molecule has 2 atom stereocenters. The van der Waals surface area contributed by atoms with E-state index in [9.17, 15) is 0 Å². The summed E-state index contributed by atoms with van der Waals surface area (Å²) < 4.78 is 5.10. The molecule has 1 saturated carbocycles. The number of pyridine rings is 1. The van der Waals surface area contributed by atoms with Gasteiger partial charge in [0, 0.05) is 17.8 Å². The van der Waals surface area contributed by atoms with E-state index >= 15 is 0 Å². The van der Waals surface area contributed by atoms with E-state index in [4.69, 9.17) is 4.74 Å². The van der Waals surface area contributed by atoms with Crippen molar-refractivity contribution >= 4 is 0 Å². The van der Waals surface area contributed by atoms with Crippen molar-refractivity contribution in [3.63, 3.8) is 0 Å². The lowest BCUT2D eigenvalue weighted by molar-refractivity contribution is 0.382. The zero-order valence-corrected chi connectivity index (χ0v) is 10.4. The standard InChI is InChI=1S/C14H20N2O/c1-17-13-4-3-12(10-15-13)11-5-7-14(9-11)6-2-8-16-14/h3-4,10-11,16H,2,5-9H2,1H3. The predicted molar refractivity (Wildman–Crippen MR) is 67.3 cm³/mol. The summed E-state index contributed by atoms with van der Waals surface area (Å²) in [6, 6.07) is 4.15. The van der Waals surface area contributed by atoms with Crippen LogP contribution in [0.3, 0.4) is 0 Å². The van der Waals surface area contributed by atoms with Gasteiger partial charge in [0.1, 0.15) is 0 Å². The van der Waals surface area contributed by atoms with Crippen LogP contribution in [-0.2, 0) is 0 Å². The predicted octanol–water partition coefficient (Wildman–Crippen LogP) is 2.48. The minimum Gasteiger partial charge on any atom is -0.481 e. The fourth-order valence-corrected chi connectivity index (χ4v) is 3.42. The molecule has 2 aliphatic rings. The molecule has 1 spiro atoms. The fraction of sp³-hybridized carbons (Fsp3) is 0.643. The van der Waals surface area contributed by atoms with Crippen molar-refractivity contribution in [3.05, 3.63) is 23.9 Å². The highest BCUT2D eigenvalue weighted by molar-refractivity contribution is 5.24. The van der Waals surface area contributed by atoms with Gasteiger partial charge in [0.2, 0.25) is 5.88 Å². The molecule has 0 bridgehead atoms. The average molecular weight is 232 g/mol. The quantitative estimate of drug-likeness (QED) is 0.850. The van der Waals surface area contributed by atoms with Crippen LogP contribution < -0.4 is 10.1 Å². The van der Waals surface area contributed by atoms with Gasteiger partial charge in [-0.15, -0.1) is 0 Å². The number of hydrogen-bond acceptors (Lipinski definition) is 3.